The Morgan fingerprint density at radius 3 is 1.89 bits per heavy atom. The van der Waals surface area contributed by atoms with Gasteiger partial charge in [-0.3, -0.25) is 0 Å². The van der Waals surface area contributed by atoms with Gasteiger partial charge in [-0.25, -0.2) is 0 Å². The minimum atomic E-state index is -4.11. The maximum Gasteiger partial charge on any atom is 0.393 e. The number of alkyl halides is 3. The minimum absolute atomic E-state index is 0.0694. The molecular formula is C5H10F3N. The summed E-state index contributed by atoms with van der Waals surface area (Å²) in [6, 6.07) is 0. The molecule has 0 amide bonds. The molecule has 0 saturated carbocycles. The Bertz CT molecular complexity index is 74.8. The van der Waals surface area contributed by atoms with Gasteiger partial charge in [0.15, 0.2) is 0 Å². The van der Waals surface area contributed by atoms with Crippen LogP contribution in [0.25, 0.3) is 0 Å². The van der Waals surface area contributed by atoms with E-state index in [2.05, 4.69) is 0 Å². The molecule has 0 fully saturated rings. The van der Waals surface area contributed by atoms with Gasteiger partial charge in [0, 0.05) is 6.54 Å². The van der Waals surface area contributed by atoms with Crippen molar-refractivity contribution in [3.8, 4) is 0 Å². The van der Waals surface area contributed by atoms with Gasteiger partial charge in [0.2, 0.25) is 0 Å². The molecule has 0 aliphatic rings. The van der Waals surface area contributed by atoms with E-state index in [1.807, 2.05) is 0 Å². The van der Waals surface area contributed by atoms with Gasteiger partial charge in [-0.05, 0) is 6.42 Å². The van der Waals surface area contributed by atoms with E-state index in [0.717, 1.165) is 0 Å². The van der Waals surface area contributed by atoms with Crippen LogP contribution in [-0.4, -0.2) is 12.7 Å². The van der Waals surface area contributed by atoms with Crippen molar-refractivity contribution in [2.75, 3.05) is 6.54 Å². The minimum Gasteiger partial charge on any atom is -0.330 e. The van der Waals surface area contributed by atoms with Crippen molar-refractivity contribution in [1.82, 2.24) is 0 Å². The van der Waals surface area contributed by atoms with Gasteiger partial charge in [-0.1, -0.05) is 6.92 Å². The molecule has 0 aromatic heterocycles. The van der Waals surface area contributed by atoms with Gasteiger partial charge in [-0.15, -0.1) is 0 Å². The Morgan fingerprint density at radius 1 is 1.44 bits per heavy atom. The highest BCUT2D eigenvalue weighted by Crippen LogP contribution is 2.27. The second kappa shape index (κ2) is 3.06. The van der Waals surface area contributed by atoms with Gasteiger partial charge in [0.25, 0.3) is 0 Å². The first kappa shape index (κ1) is 8.75. The summed E-state index contributed by atoms with van der Waals surface area (Å²) in [6.07, 6.45) is -4.04. The van der Waals surface area contributed by atoms with Crippen LogP contribution >= 0.6 is 0 Å². The molecule has 1 unspecified atom stereocenters. The Balaban J connectivity index is 3.79. The number of rotatable bonds is 2. The fourth-order valence-corrected chi connectivity index (χ4v) is 0.532. The molecule has 0 spiro atoms. The van der Waals surface area contributed by atoms with Crippen LogP contribution < -0.4 is 5.73 Å². The van der Waals surface area contributed by atoms with Gasteiger partial charge in [-0.2, -0.15) is 13.2 Å². The average Bonchev–Trinajstić information content (AvgIpc) is 1.65. The molecule has 0 heterocycles. The molecule has 56 valence electrons. The first-order valence-electron chi connectivity index (χ1n) is 2.79. The van der Waals surface area contributed by atoms with Crippen molar-refractivity contribution in [2.24, 2.45) is 11.7 Å². The van der Waals surface area contributed by atoms with Crippen LogP contribution in [-0.2, 0) is 0 Å². The number of hydrogen-bond acceptors (Lipinski definition) is 1. The predicted molar refractivity (Wildman–Crippen MR) is 28.9 cm³/mol. The highest BCUT2D eigenvalue weighted by Gasteiger charge is 2.36. The predicted octanol–water partition coefficient (Wildman–Crippen LogP) is 1.53. The lowest BCUT2D eigenvalue weighted by Gasteiger charge is -2.15. The summed E-state index contributed by atoms with van der Waals surface area (Å²) in [7, 11) is 0. The SMILES string of the molecule is CCC(CN)C(F)(F)F. The Hall–Kier alpha value is -0.250. The van der Waals surface area contributed by atoms with Crippen LogP contribution in [0.2, 0.25) is 0 Å². The highest BCUT2D eigenvalue weighted by atomic mass is 19.4. The zero-order valence-electron chi connectivity index (χ0n) is 5.20. The molecule has 1 nitrogen and oxygen atoms in total. The molecule has 1 atom stereocenters. The molecular weight excluding hydrogens is 131 g/mol. The number of nitrogens with two attached hydrogens (primary N) is 1. The fraction of sp³-hybridized carbons (Fsp3) is 1.00. The maximum atomic E-state index is 11.6. The van der Waals surface area contributed by atoms with Crippen molar-refractivity contribution in [2.45, 2.75) is 19.5 Å². The van der Waals surface area contributed by atoms with Crippen molar-refractivity contribution < 1.29 is 13.2 Å². The van der Waals surface area contributed by atoms with Crippen LogP contribution in [0.5, 0.6) is 0 Å². The second-order valence-corrected chi connectivity index (χ2v) is 1.88. The third kappa shape index (κ3) is 2.70. The summed E-state index contributed by atoms with van der Waals surface area (Å²) < 4.78 is 34.9. The first-order valence-corrected chi connectivity index (χ1v) is 2.79. The van der Waals surface area contributed by atoms with E-state index >= 15 is 0 Å². The molecule has 0 bridgehead atoms. The molecule has 0 aliphatic heterocycles. The van der Waals surface area contributed by atoms with E-state index in [0.29, 0.717) is 0 Å². The van der Waals surface area contributed by atoms with Gasteiger partial charge in [0.1, 0.15) is 0 Å². The molecule has 0 radical (unpaired) electrons. The van der Waals surface area contributed by atoms with Crippen molar-refractivity contribution in [3.05, 3.63) is 0 Å². The van der Waals surface area contributed by atoms with Crippen LogP contribution in [0.15, 0.2) is 0 Å². The zero-order chi connectivity index (χ0) is 7.49. The lowest BCUT2D eigenvalue weighted by atomic mass is 10.1. The van der Waals surface area contributed by atoms with Crippen LogP contribution in [0, 0.1) is 5.92 Å². The van der Waals surface area contributed by atoms with Gasteiger partial charge in [0.05, 0.1) is 5.92 Å². The third-order valence-corrected chi connectivity index (χ3v) is 1.24. The standard InChI is InChI=1S/C5H10F3N/c1-2-4(3-9)5(6,7)8/h4H,2-3,9H2,1H3. The van der Waals surface area contributed by atoms with Crippen LogP contribution in [0.4, 0.5) is 13.2 Å². The van der Waals surface area contributed by atoms with Crippen molar-refractivity contribution in [3.63, 3.8) is 0 Å². The number of halogens is 3. The summed E-state index contributed by atoms with van der Waals surface area (Å²) in [5, 5.41) is 0. The highest BCUT2D eigenvalue weighted by molar-refractivity contribution is 4.65. The molecule has 0 aliphatic carbocycles. The van der Waals surface area contributed by atoms with Crippen LogP contribution in [0.3, 0.4) is 0 Å². The Kier molecular flexibility index (Phi) is 2.97. The number of hydrogen-bond donors (Lipinski definition) is 1. The van der Waals surface area contributed by atoms with Gasteiger partial charge < -0.3 is 5.73 Å². The molecule has 0 saturated heterocycles. The largest absolute Gasteiger partial charge is 0.393 e. The smallest absolute Gasteiger partial charge is 0.330 e. The normalized spacial score (nSPS) is 15.7. The average molecular weight is 141 g/mol. The van der Waals surface area contributed by atoms with E-state index in [1.54, 1.807) is 0 Å². The summed E-state index contributed by atoms with van der Waals surface area (Å²) in [6.45, 7) is 1.17. The van der Waals surface area contributed by atoms with E-state index in [9.17, 15) is 13.2 Å². The van der Waals surface area contributed by atoms with Crippen LogP contribution in [0.1, 0.15) is 13.3 Å². The summed E-state index contributed by atoms with van der Waals surface area (Å²) >= 11 is 0. The first-order chi connectivity index (χ1) is 4.02. The molecule has 0 rings (SSSR count). The second-order valence-electron chi connectivity index (χ2n) is 1.88. The molecule has 4 heteroatoms. The molecule has 2 N–H and O–H groups in total. The Morgan fingerprint density at radius 2 is 1.89 bits per heavy atom. The van der Waals surface area contributed by atoms with E-state index in [-0.39, 0.29) is 13.0 Å². The fourth-order valence-electron chi connectivity index (χ4n) is 0.532. The summed E-state index contributed by atoms with van der Waals surface area (Å²) in [5.74, 6) is -1.32. The topological polar surface area (TPSA) is 26.0 Å². The van der Waals surface area contributed by atoms with E-state index in [4.69, 9.17) is 5.73 Å². The summed E-state index contributed by atoms with van der Waals surface area (Å²) in [4.78, 5) is 0. The summed E-state index contributed by atoms with van der Waals surface area (Å²) in [5.41, 5.74) is 4.85. The van der Waals surface area contributed by atoms with Crippen molar-refractivity contribution in [1.29, 1.82) is 0 Å². The lowest BCUT2D eigenvalue weighted by Crippen LogP contribution is -2.29. The van der Waals surface area contributed by atoms with Gasteiger partial charge >= 0.3 is 6.18 Å². The van der Waals surface area contributed by atoms with Crippen molar-refractivity contribution >= 4 is 0 Å². The van der Waals surface area contributed by atoms with E-state index < -0.39 is 12.1 Å². The van der Waals surface area contributed by atoms with E-state index in [1.165, 1.54) is 6.92 Å². The Labute approximate surface area is 52.0 Å². The monoisotopic (exact) mass is 141 g/mol. The maximum absolute atomic E-state index is 11.6. The third-order valence-electron chi connectivity index (χ3n) is 1.24. The molecule has 9 heavy (non-hydrogen) atoms. The molecule has 0 aromatic rings. The lowest BCUT2D eigenvalue weighted by molar-refractivity contribution is -0.172. The quantitative estimate of drug-likeness (QED) is 0.620. The zero-order valence-corrected chi connectivity index (χ0v) is 5.20. The molecule has 0 aromatic carbocycles.